The van der Waals surface area contributed by atoms with Gasteiger partial charge >= 0.3 is 0 Å². The average molecular weight is 284 g/mol. The standard InChI is InChI=1S/C13H24N4OS/c1-5-7-11-16-12(14-6-2)8-13(17-11)15-9-10(3)19(4)18/h8,10H,5-7,9H2,1-4H3,(H2,14,15,16,17). The monoisotopic (exact) mass is 284 g/mol. The topological polar surface area (TPSA) is 66.9 Å². The van der Waals surface area contributed by atoms with E-state index < -0.39 is 10.8 Å². The predicted molar refractivity (Wildman–Crippen MR) is 82.2 cm³/mol. The van der Waals surface area contributed by atoms with Gasteiger partial charge in [0.2, 0.25) is 0 Å². The molecule has 5 nitrogen and oxygen atoms in total. The van der Waals surface area contributed by atoms with Gasteiger partial charge in [-0.1, -0.05) is 6.92 Å². The van der Waals surface area contributed by atoms with Crippen LogP contribution < -0.4 is 10.6 Å². The molecule has 0 aliphatic carbocycles. The molecule has 1 aromatic rings. The summed E-state index contributed by atoms with van der Waals surface area (Å²) in [5.41, 5.74) is 0. The first-order chi connectivity index (χ1) is 9.06. The van der Waals surface area contributed by atoms with E-state index in [1.807, 2.05) is 19.9 Å². The molecule has 2 unspecified atom stereocenters. The van der Waals surface area contributed by atoms with E-state index in [4.69, 9.17) is 0 Å². The van der Waals surface area contributed by atoms with Gasteiger partial charge in [0, 0.05) is 47.9 Å². The Kier molecular flexibility index (Phi) is 6.77. The van der Waals surface area contributed by atoms with Crippen molar-refractivity contribution in [1.29, 1.82) is 0 Å². The number of hydrogen-bond acceptors (Lipinski definition) is 5. The second kappa shape index (κ2) is 8.09. The van der Waals surface area contributed by atoms with Gasteiger partial charge in [0.05, 0.1) is 0 Å². The third-order valence-corrected chi connectivity index (χ3v) is 4.04. The first-order valence-corrected chi connectivity index (χ1v) is 8.36. The molecule has 1 rings (SSSR count). The van der Waals surface area contributed by atoms with E-state index in [9.17, 15) is 4.21 Å². The molecular formula is C13H24N4OS. The molecule has 0 saturated heterocycles. The molecule has 0 radical (unpaired) electrons. The van der Waals surface area contributed by atoms with Crippen LogP contribution in [0.2, 0.25) is 0 Å². The van der Waals surface area contributed by atoms with Gasteiger partial charge in [0.1, 0.15) is 17.5 Å². The van der Waals surface area contributed by atoms with Crippen LogP contribution in [-0.2, 0) is 17.2 Å². The molecule has 1 heterocycles. The molecule has 0 saturated carbocycles. The Labute approximate surface area is 118 Å². The highest BCUT2D eigenvalue weighted by molar-refractivity contribution is 7.84. The number of aromatic nitrogens is 2. The van der Waals surface area contributed by atoms with Crippen LogP contribution in [0.15, 0.2) is 6.07 Å². The molecule has 2 atom stereocenters. The minimum Gasteiger partial charge on any atom is -0.370 e. The van der Waals surface area contributed by atoms with E-state index in [0.29, 0.717) is 6.54 Å². The molecule has 108 valence electrons. The zero-order valence-corrected chi connectivity index (χ0v) is 13.0. The first kappa shape index (κ1) is 15.9. The Hall–Kier alpha value is -1.17. The van der Waals surface area contributed by atoms with Crippen molar-refractivity contribution < 1.29 is 4.21 Å². The van der Waals surface area contributed by atoms with Gasteiger partial charge in [0.15, 0.2) is 0 Å². The van der Waals surface area contributed by atoms with Gasteiger partial charge < -0.3 is 10.6 Å². The van der Waals surface area contributed by atoms with Gasteiger partial charge in [-0.2, -0.15) is 0 Å². The number of aryl methyl sites for hydroxylation is 1. The fourth-order valence-electron chi connectivity index (χ4n) is 1.56. The van der Waals surface area contributed by atoms with Crippen LogP contribution in [0.25, 0.3) is 0 Å². The zero-order chi connectivity index (χ0) is 14.3. The predicted octanol–water partition coefficient (Wildman–Crippen LogP) is 2.04. The van der Waals surface area contributed by atoms with Crippen molar-refractivity contribution >= 4 is 22.4 Å². The third kappa shape index (κ3) is 5.55. The summed E-state index contributed by atoms with van der Waals surface area (Å²) in [5.74, 6) is 2.48. The fourth-order valence-corrected chi connectivity index (χ4v) is 1.88. The van der Waals surface area contributed by atoms with Crippen molar-refractivity contribution in [3.63, 3.8) is 0 Å². The summed E-state index contributed by atoms with van der Waals surface area (Å²) in [6.45, 7) is 7.59. The Morgan fingerprint density at radius 1 is 1.26 bits per heavy atom. The zero-order valence-electron chi connectivity index (χ0n) is 12.2. The largest absolute Gasteiger partial charge is 0.370 e. The smallest absolute Gasteiger partial charge is 0.133 e. The molecule has 1 aromatic heterocycles. The van der Waals surface area contributed by atoms with Crippen LogP contribution in [0.5, 0.6) is 0 Å². The second-order valence-corrected chi connectivity index (χ2v) is 6.33. The summed E-state index contributed by atoms with van der Waals surface area (Å²) in [4.78, 5) is 8.93. The van der Waals surface area contributed by atoms with E-state index in [1.54, 1.807) is 6.26 Å². The summed E-state index contributed by atoms with van der Waals surface area (Å²) in [5, 5.41) is 6.55. The van der Waals surface area contributed by atoms with Gasteiger partial charge in [-0.3, -0.25) is 4.21 Å². The minimum absolute atomic E-state index is 0.104. The summed E-state index contributed by atoms with van der Waals surface area (Å²) in [6, 6.07) is 1.90. The summed E-state index contributed by atoms with van der Waals surface area (Å²) >= 11 is 0. The summed E-state index contributed by atoms with van der Waals surface area (Å²) in [6.07, 6.45) is 3.60. The van der Waals surface area contributed by atoms with Crippen LogP contribution >= 0.6 is 0 Å². The second-order valence-electron chi connectivity index (χ2n) is 4.53. The van der Waals surface area contributed by atoms with Crippen molar-refractivity contribution in [3.05, 3.63) is 11.9 Å². The summed E-state index contributed by atoms with van der Waals surface area (Å²) < 4.78 is 11.3. The molecule has 19 heavy (non-hydrogen) atoms. The van der Waals surface area contributed by atoms with Gasteiger partial charge in [-0.25, -0.2) is 9.97 Å². The highest BCUT2D eigenvalue weighted by Crippen LogP contribution is 2.12. The average Bonchev–Trinajstić information content (AvgIpc) is 2.36. The maximum Gasteiger partial charge on any atom is 0.133 e. The lowest BCUT2D eigenvalue weighted by atomic mass is 10.3. The lowest BCUT2D eigenvalue weighted by molar-refractivity contribution is 0.678. The summed E-state index contributed by atoms with van der Waals surface area (Å²) in [7, 11) is -0.823. The van der Waals surface area contributed by atoms with Crippen molar-refractivity contribution in [2.24, 2.45) is 0 Å². The number of hydrogen-bond donors (Lipinski definition) is 2. The van der Waals surface area contributed by atoms with Crippen LogP contribution in [0.1, 0.15) is 33.0 Å². The number of nitrogens with one attached hydrogen (secondary N) is 2. The molecule has 0 bridgehead atoms. The maximum absolute atomic E-state index is 11.3. The molecule has 0 aliphatic rings. The number of rotatable bonds is 8. The Balaban J connectivity index is 2.77. The van der Waals surface area contributed by atoms with Gasteiger partial charge in [-0.15, -0.1) is 0 Å². The first-order valence-electron chi connectivity index (χ1n) is 6.74. The third-order valence-electron chi connectivity index (χ3n) is 2.74. The van der Waals surface area contributed by atoms with E-state index in [1.165, 1.54) is 0 Å². The maximum atomic E-state index is 11.3. The molecule has 0 spiro atoms. The Bertz CT molecular complexity index is 401. The molecule has 2 N–H and O–H groups in total. The molecule has 0 aromatic carbocycles. The highest BCUT2D eigenvalue weighted by atomic mass is 32.2. The van der Waals surface area contributed by atoms with E-state index in [2.05, 4.69) is 27.5 Å². The number of nitrogens with zero attached hydrogens (tertiary/aromatic N) is 2. The van der Waals surface area contributed by atoms with Crippen molar-refractivity contribution in [3.8, 4) is 0 Å². The van der Waals surface area contributed by atoms with E-state index >= 15 is 0 Å². The van der Waals surface area contributed by atoms with Crippen LogP contribution in [0.3, 0.4) is 0 Å². The number of anilines is 2. The fraction of sp³-hybridized carbons (Fsp3) is 0.692. The van der Waals surface area contributed by atoms with Gasteiger partial charge in [-0.05, 0) is 20.3 Å². The highest BCUT2D eigenvalue weighted by Gasteiger charge is 2.08. The Morgan fingerprint density at radius 3 is 2.42 bits per heavy atom. The van der Waals surface area contributed by atoms with Crippen molar-refractivity contribution in [2.75, 3.05) is 30.0 Å². The van der Waals surface area contributed by atoms with Crippen molar-refractivity contribution in [2.45, 2.75) is 38.9 Å². The van der Waals surface area contributed by atoms with Crippen LogP contribution in [-0.4, -0.2) is 38.8 Å². The van der Waals surface area contributed by atoms with Gasteiger partial charge in [0.25, 0.3) is 0 Å². The van der Waals surface area contributed by atoms with Crippen molar-refractivity contribution in [1.82, 2.24) is 9.97 Å². The lowest BCUT2D eigenvalue weighted by Crippen LogP contribution is -2.21. The normalized spacial score (nSPS) is 13.9. The molecule has 0 aliphatic heterocycles. The Morgan fingerprint density at radius 2 is 1.89 bits per heavy atom. The molecule has 0 fully saturated rings. The van der Waals surface area contributed by atoms with Crippen LogP contribution in [0, 0.1) is 0 Å². The quantitative estimate of drug-likeness (QED) is 0.764. The molecule has 6 heteroatoms. The van der Waals surface area contributed by atoms with E-state index in [-0.39, 0.29) is 5.25 Å². The minimum atomic E-state index is -0.823. The molecule has 0 amide bonds. The molecular weight excluding hydrogens is 260 g/mol. The lowest BCUT2D eigenvalue weighted by Gasteiger charge is -2.13. The SMILES string of the molecule is CCCc1nc(NCC)cc(NCC(C)S(C)=O)n1. The van der Waals surface area contributed by atoms with Crippen LogP contribution in [0.4, 0.5) is 11.6 Å². The van der Waals surface area contributed by atoms with E-state index in [0.717, 1.165) is 36.8 Å².